The molecule has 1 rings (SSSR count). The second-order valence-corrected chi connectivity index (χ2v) is 4.01. The lowest BCUT2D eigenvalue weighted by Gasteiger charge is -2.32. The predicted octanol–water partition coefficient (Wildman–Crippen LogP) is 1.07. The molecule has 0 radical (unpaired) electrons. The van der Waals surface area contributed by atoms with E-state index >= 15 is 0 Å². The summed E-state index contributed by atoms with van der Waals surface area (Å²) < 4.78 is 35.8. The van der Waals surface area contributed by atoms with Crippen molar-refractivity contribution >= 4 is 11.8 Å². The molecule has 4 nitrogen and oxygen atoms in total. The second-order valence-electron chi connectivity index (χ2n) is 4.01. The fourth-order valence-electron chi connectivity index (χ4n) is 1.71. The van der Waals surface area contributed by atoms with Gasteiger partial charge >= 0.3 is 6.18 Å². The van der Waals surface area contributed by atoms with E-state index < -0.39 is 18.6 Å². The summed E-state index contributed by atoms with van der Waals surface area (Å²) in [4.78, 5) is 24.1. The number of nitrogens with one attached hydrogen (secondary N) is 1. The van der Waals surface area contributed by atoms with Gasteiger partial charge in [0.15, 0.2) is 0 Å². The Hall–Kier alpha value is -1.27. The molecule has 1 fully saturated rings. The molecule has 7 heteroatoms. The van der Waals surface area contributed by atoms with Gasteiger partial charge in [-0.3, -0.25) is 9.59 Å². The lowest BCUT2D eigenvalue weighted by molar-refractivity contribution is -0.147. The number of alkyl halides is 3. The van der Waals surface area contributed by atoms with E-state index in [4.69, 9.17) is 0 Å². The van der Waals surface area contributed by atoms with Crippen molar-refractivity contribution in [2.75, 3.05) is 13.1 Å². The zero-order valence-corrected chi connectivity index (χ0v) is 9.51. The molecule has 0 saturated carbocycles. The lowest BCUT2D eigenvalue weighted by Crippen LogP contribution is -2.57. The van der Waals surface area contributed by atoms with Crippen LogP contribution in [0.25, 0.3) is 0 Å². The molecule has 0 aliphatic carbocycles. The zero-order chi connectivity index (χ0) is 13.1. The van der Waals surface area contributed by atoms with Crippen LogP contribution in [0.5, 0.6) is 0 Å². The van der Waals surface area contributed by atoms with Crippen molar-refractivity contribution < 1.29 is 22.8 Å². The Morgan fingerprint density at radius 3 is 2.59 bits per heavy atom. The third-order valence-electron chi connectivity index (χ3n) is 2.58. The molecule has 0 spiro atoms. The van der Waals surface area contributed by atoms with Crippen molar-refractivity contribution in [1.29, 1.82) is 0 Å². The largest absolute Gasteiger partial charge is 0.389 e. The molecular formula is C10H15F3N2O2. The van der Waals surface area contributed by atoms with Crippen molar-refractivity contribution in [2.24, 2.45) is 0 Å². The van der Waals surface area contributed by atoms with Crippen LogP contribution in [-0.4, -0.2) is 42.0 Å². The van der Waals surface area contributed by atoms with Crippen LogP contribution in [0.4, 0.5) is 13.2 Å². The van der Waals surface area contributed by atoms with E-state index in [1.165, 1.54) is 4.90 Å². The van der Waals surface area contributed by atoms with Crippen LogP contribution in [0.2, 0.25) is 0 Å². The number of hydrogen-bond donors (Lipinski definition) is 1. The van der Waals surface area contributed by atoms with Gasteiger partial charge in [0.25, 0.3) is 0 Å². The fourth-order valence-corrected chi connectivity index (χ4v) is 1.71. The number of halogens is 3. The molecule has 1 aliphatic rings. The maximum absolute atomic E-state index is 11.9. The summed E-state index contributed by atoms with van der Waals surface area (Å²) in [5.74, 6) is -0.613. The van der Waals surface area contributed by atoms with E-state index in [0.29, 0.717) is 6.42 Å². The Morgan fingerprint density at radius 2 is 2.06 bits per heavy atom. The summed E-state index contributed by atoms with van der Waals surface area (Å²) in [6.45, 7) is 1.57. The molecule has 0 aromatic carbocycles. The van der Waals surface area contributed by atoms with E-state index in [2.05, 4.69) is 5.32 Å². The van der Waals surface area contributed by atoms with E-state index in [9.17, 15) is 22.8 Å². The molecule has 1 heterocycles. The normalized spacial score (nSPS) is 21.6. The summed E-state index contributed by atoms with van der Waals surface area (Å²) >= 11 is 0. The summed E-state index contributed by atoms with van der Waals surface area (Å²) in [6.07, 6.45) is -4.88. The van der Waals surface area contributed by atoms with E-state index in [-0.39, 0.29) is 31.3 Å². The third-order valence-corrected chi connectivity index (χ3v) is 2.58. The molecule has 1 atom stereocenters. The topological polar surface area (TPSA) is 49.4 Å². The molecule has 0 bridgehead atoms. The predicted molar refractivity (Wildman–Crippen MR) is 54.1 cm³/mol. The van der Waals surface area contributed by atoms with Crippen LogP contribution in [0.15, 0.2) is 0 Å². The summed E-state index contributed by atoms with van der Waals surface area (Å²) in [5, 5.41) is 2.50. The Bertz CT molecular complexity index is 304. The second kappa shape index (κ2) is 5.37. The van der Waals surface area contributed by atoms with Crippen LogP contribution >= 0.6 is 0 Å². The number of carbonyl (C=O) groups excluding carboxylic acids is 2. The van der Waals surface area contributed by atoms with Gasteiger partial charge in [0.1, 0.15) is 6.04 Å². The van der Waals surface area contributed by atoms with Crippen molar-refractivity contribution in [3.05, 3.63) is 0 Å². The van der Waals surface area contributed by atoms with Gasteiger partial charge in [-0.2, -0.15) is 13.2 Å². The van der Waals surface area contributed by atoms with Crippen molar-refractivity contribution in [1.82, 2.24) is 10.2 Å². The first-order valence-corrected chi connectivity index (χ1v) is 5.48. The number of hydrogen-bond acceptors (Lipinski definition) is 2. The molecule has 1 saturated heterocycles. The Morgan fingerprint density at radius 1 is 1.41 bits per heavy atom. The van der Waals surface area contributed by atoms with Gasteiger partial charge in [-0.1, -0.05) is 6.92 Å². The molecule has 0 aromatic heterocycles. The minimum absolute atomic E-state index is 0.0255. The molecule has 1 aliphatic heterocycles. The Labute approximate surface area is 97.1 Å². The number of piperazine rings is 1. The standard InChI is InChI=1S/C10H15F3N2O2/c1-2-7-9(17)15(6-8(16)14-7)5-3-4-10(11,12)13/h7H,2-6H2,1H3,(H,14,16). The van der Waals surface area contributed by atoms with Crippen molar-refractivity contribution in [3.8, 4) is 0 Å². The van der Waals surface area contributed by atoms with Crippen LogP contribution in [0, 0.1) is 0 Å². The van der Waals surface area contributed by atoms with Gasteiger partial charge in [-0.25, -0.2) is 0 Å². The average molecular weight is 252 g/mol. The van der Waals surface area contributed by atoms with Crippen molar-refractivity contribution in [3.63, 3.8) is 0 Å². The molecule has 0 aromatic rings. The van der Waals surface area contributed by atoms with Gasteiger partial charge < -0.3 is 10.2 Å². The van der Waals surface area contributed by atoms with Crippen LogP contribution < -0.4 is 5.32 Å². The van der Waals surface area contributed by atoms with Gasteiger partial charge in [0.2, 0.25) is 11.8 Å². The highest BCUT2D eigenvalue weighted by Gasteiger charge is 2.32. The minimum Gasteiger partial charge on any atom is -0.343 e. The maximum Gasteiger partial charge on any atom is 0.389 e. The highest BCUT2D eigenvalue weighted by atomic mass is 19.4. The molecule has 98 valence electrons. The van der Waals surface area contributed by atoms with Crippen LogP contribution in [0.3, 0.4) is 0 Å². The molecule has 1 N–H and O–H groups in total. The SMILES string of the molecule is CCC1NC(=O)CN(CCCC(F)(F)F)C1=O. The minimum atomic E-state index is -4.22. The molecular weight excluding hydrogens is 237 g/mol. The Kier molecular flexibility index (Phi) is 4.36. The first kappa shape index (κ1) is 13.8. The number of amides is 2. The molecule has 17 heavy (non-hydrogen) atoms. The van der Waals surface area contributed by atoms with Crippen LogP contribution in [0.1, 0.15) is 26.2 Å². The van der Waals surface area contributed by atoms with E-state index in [1.54, 1.807) is 6.92 Å². The molecule has 1 unspecified atom stereocenters. The Balaban J connectivity index is 2.46. The quantitative estimate of drug-likeness (QED) is 0.813. The lowest BCUT2D eigenvalue weighted by atomic mass is 10.1. The number of nitrogens with zero attached hydrogens (tertiary/aromatic N) is 1. The zero-order valence-electron chi connectivity index (χ0n) is 9.51. The van der Waals surface area contributed by atoms with Gasteiger partial charge in [-0.15, -0.1) is 0 Å². The van der Waals surface area contributed by atoms with E-state index in [1.807, 2.05) is 0 Å². The highest BCUT2D eigenvalue weighted by molar-refractivity contribution is 5.94. The smallest absolute Gasteiger partial charge is 0.343 e. The average Bonchev–Trinajstić information content (AvgIpc) is 2.20. The highest BCUT2D eigenvalue weighted by Crippen LogP contribution is 2.21. The van der Waals surface area contributed by atoms with Crippen LogP contribution in [-0.2, 0) is 9.59 Å². The summed E-state index contributed by atoms with van der Waals surface area (Å²) in [6, 6.07) is -0.595. The first-order chi connectivity index (χ1) is 7.83. The molecule has 2 amide bonds. The van der Waals surface area contributed by atoms with E-state index in [0.717, 1.165) is 0 Å². The summed E-state index contributed by atoms with van der Waals surface area (Å²) in [7, 11) is 0. The van der Waals surface area contributed by atoms with Gasteiger partial charge in [0, 0.05) is 13.0 Å². The maximum atomic E-state index is 11.9. The van der Waals surface area contributed by atoms with Crippen molar-refractivity contribution in [2.45, 2.75) is 38.4 Å². The number of carbonyl (C=O) groups is 2. The van der Waals surface area contributed by atoms with Gasteiger partial charge in [-0.05, 0) is 12.8 Å². The fraction of sp³-hybridized carbons (Fsp3) is 0.800. The van der Waals surface area contributed by atoms with Gasteiger partial charge in [0.05, 0.1) is 6.54 Å². The third kappa shape index (κ3) is 4.24. The number of rotatable bonds is 4. The monoisotopic (exact) mass is 252 g/mol. The first-order valence-electron chi connectivity index (χ1n) is 5.48. The summed E-state index contributed by atoms with van der Waals surface area (Å²) in [5.41, 5.74) is 0.